The van der Waals surface area contributed by atoms with Crippen molar-refractivity contribution in [2.75, 3.05) is 25.7 Å². The normalized spacial score (nSPS) is 17.6. The minimum absolute atomic E-state index is 0.244. The fraction of sp³-hybridized carbons (Fsp3) is 0.822. The molecular weight excluding hydrogens is 733 g/mol. The van der Waals surface area contributed by atoms with Crippen LogP contribution in [0.3, 0.4) is 0 Å². The number of hydrogen-bond acceptors (Lipinski definition) is 8. The maximum absolute atomic E-state index is 11.8. The van der Waals surface area contributed by atoms with E-state index in [4.69, 9.17) is 17.8 Å². The maximum atomic E-state index is 11.8. The summed E-state index contributed by atoms with van der Waals surface area (Å²) in [5.74, 6) is -0.915. The van der Waals surface area contributed by atoms with Crippen LogP contribution in [0.15, 0.2) is 48.6 Å². The number of hydrogen-bond donors (Lipinski definition) is 0. The van der Waals surface area contributed by atoms with Crippen LogP contribution in [0, 0.1) is 0 Å². The smallest absolute Gasteiger partial charge is 0.264 e. The molecule has 0 amide bonds. The van der Waals surface area contributed by atoms with Gasteiger partial charge in [-0.15, -0.1) is 0 Å². The molecule has 0 aromatic carbocycles. The third-order valence-electron chi connectivity index (χ3n) is 9.56. The summed E-state index contributed by atoms with van der Waals surface area (Å²) in [4.78, 5) is 0. The fourth-order valence-corrected chi connectivity index (χ4v) is 7.28. The van der Waals surface area contributed by atoms with Crippen molar-refractivity contribution in [3.05, 3.63) is 48.6 Å². The van der Waals surface area contributed by atoms with Crippen molar-refractivity contribution in [3.63, 3.8) is 0 Å². The standard InChI is InChI=1S/C43H78O8S2.C2H6/c1-5-7-9-11-13-15-17-19-21-23-25-27-29-31-33-35-37-43(50-41(39-48-52(3,44)45)42(51-43)40-49-53(4,46)47)38-36-34-32-30-28-26-24-22-20-18-16-14-12-10-8-6-2;1-2/h13-16,19-22,41-42H,5-12,17-18,23-40H2,1-4H3;1-2H3/b15-13-,16-14-,21-19-,22-20-;. The van der Waals surface area contributed by atoms with Gasteiger partial charge in [-0.1, -0.05) is 153 Å². The molecule has 8 nitrogen and oxygen atoms in total. The van der Waals surface area contributed by atoms with E-state index in [2.05, 4.69) is 62.5 Å². The quantitative estimate of drug-likeness (QED) is 0.0350. The van der Waals surface area contributed by atoms with Crippen LogP contribution < -0.4 is 0 Å². The summed E-state index contributed by atoms with van der Waals surface area (Å²) in [7, 11) is -7.43. The maximum Gasteiger partial charge on any atom is 0.264 e. The second-order valence-electron chi connectivity index (χ2n) is 14.9. The third-order valence-corrected chi connectivity index (χ3v) is 10.7. The highest BCUT2D eigenvalue weighted by Crippen LogP contribution is 2.38. The highest BCUT2D eigenvalue weighted by atomic mass is 32.2. The van der Waals surface area contributed by atoms with Gasteiger partial charge in [0.05, 0.1) is 25.7 Å². The Morgan fingerprint density at radius 3 is 1.05 bits per heavy atom. The lowest BCUT2D eigenvalue weighted by atomic mass is 9.98. The van der Waals surface area contributed by atoms with Gasteiger partial charge in [-0.25, -0.2) is 0 Å². The largest absolute Gasteiger partial charge is 0.341 e. The molecule has 10 heteroatoms. The predicted octanol–water partition coefficient (Wildman–Crippen LogP) is 12.9. The Balaban J connectivity index is 0.0000143. The number of unbranched alkanes of at least 4 members (excludes halogenated alkanes) is 18. The molecule has 0 radical (unpaired) electrons. The van der Waals surface area contributed by atoms with Crippen LogP contribution in [0.1, 0.15) is 195 Å². The first-order valence-electron chi connectivity index (χ1n) is 22.1. The van der Waals surface area contributed by atoms with Crippen molar-refractivity contribution in [3.8, 4) is 0 Å². The zero-order valence-corrected chi connectivity index (χ0v) is 37.8. The van der Waals surface area contributed by atoms with E-state index in [0.717, 1.165) is 76.7 Å². The van der Waals surface area contributed by atoms with E-state index >= 15 is 0 Å². The predicted molar refractivity (Wildman–Crippen MR) is 233 cm³/mol. The second kappa shape index (κ2) is 35.8. The van der Waals surface area contributed by atoms with Gasteiger partial charge < -0.3 is 9.47 Å². The van der Waals surface area contributed by atoms with E-state index in [1.807, 2.05) is 13.8 Å². The van der Waals surface area contributed by atoms with Crippen LogP contribution in [-0.2, 0) is 38.1 Å². The molecule has 0 saturated carbocycles. The van der Waals surface area contributed by atoms with Crippen molar-refractivity contribution >= 4 is 20.2 Å². The Kier molecular flexibility index (Phi) is 35.0. The lowest BCUT2D eigenvalue weighted by Crippen LogP contribution is -2.33. The molecule has 0 spiro atoms. The molecule has 0 aromatic rings. The molecule has 0 N–H and O–H groups in total. The number of allylic oxidation sites excluding steroid dienone is 8. The van der Waals surface area contributed by atoms with Crippen molar-refractivity contribution in [1.29, 1.82) is 0 Å². The summed E-state index contributed by atoms with van der Waals surface area (Å²) in [6.07, 6.45) is 47.9. The van der Waals surface area contributed by atoms with Crippen LogP contribution in [0.5, 0.6) is 0 Å². The van der Waals surface area contributed by atoms with Crippen molar-refractivity contribution < 1.29 is 34.7 Å². The molecule has 2 unspecified atom stereocenters. The summed E-state index contributed by atoms with van der Waals surface area (Å²) in [5, 5.41) is 0. The SMILES string of the molecule is CC.CCCCC/C=C\C/C=C\CCCCCCCCC1(CCCCCCCC/C=C\C/C=C\CCCCC)OC(COS(C)(=O)=O)C(COS(C)(=O)=O)O1. The monoisotopic (exact) mass is 817 g/mol. The average Bonchev–Trinajstić information content (AvgIpc) is 3.50. The van der Waals surface area contributed by atoms with Gasteiger partial charge in [0.1, 0.15) is 12.2 Å². The zero-order valence-electron chi connectivity index (χ0n) is 36.2. The first kappa shape index (κ1) is 53.7. The minimum atomic E-state index is -3.71. The summed E-state index contributed by atoms with van der Waals surface area (Å²) >= 11 is 0. The highest BCUT2D eigenvalue weighted by Gasteiger charge is 2.47. The third kappa shape index (κ3) is 34.5. The summed E-state index contributed by atoms with van der Waals surface area (Å²) < 4.78 is 70.2. The molecule has 324 valence electrons. The fourth-order valence-electron chi connectivity index (χ4n) is 6.52. The molecule has 1 aliphatic rings. The van der Waals surface area contributed by atoms with Gasteiger partial charge in [-0.2, -0.15) is 16.8 Å². The van der Waals surface area contributed by atoms with E-state index < -0.39 is 38.2 Å². The summed E-state index contributed by atoms with van der Waals surface area (Å²) in [6.45, 7) is 7.98. The molecule has 0 bridgehead atoms. The molecule has 1 aliphatic heterocycles. The van der Waals surface area contributed by atoms with Crippen molar-refractivity contribution in [1.82, 2.24) is 0 Å². The van der Waals surface area contributed by atoms with E-state index in [9.17, 15) is 16.8 Å². The van der Waals surface area contributed by atoms with Gasteiger partial charge in [-0.05, 0) is 77.0 Å². The minimum Gasteiger partial charge on any atom is -0.341 e. The van der Waals surface area contributed by atoms with Crippen LogP contribution in [0.25, 0.3) is 0 Å². The Morgan fingerprint density at radius 1 is 0.455 bits per heavy atom. The lowest BCUT2D eigenvalue weighted by molar-refractivity contribution is -0.189. The van der Waals surface area contributed by atoms with Crippen LogP contribution in [0.4, 0.5) is 0 Å². The van der Waals surface area contributed by atoms with E-state index in [-0.39, 0.29) is 13.2 Å². The Morgan fingerprint density at radius 2 is 0.745 bits per heavy atom. The van der Waals surface area contributed by atoms with Gasteiger partial charge in [0, 0.05) is 12.8 Å². The van der Waals surface area contributed by atoms with Gasteiger partial charge >= 0.3 is 0 Å². The van der Waals surface area contributed by atoms with Crippen LogP contribution >= 0.6 is 0 Å². The average molecular weight is 817 g/mol. The van der Waals surface area contributed by atoms with Crippen molar-refractivity contribution in [2.24, 2.45) is 0 Å². The molecule has 1 heterocycles. The molecule has 1 fully saturated rings. The second-order valence-corrected chi connectivity index (χ2v) is 18.2. The molecule has 2 atom stereocenters. The Hall–Kier alpha value is -1.30. The molecule has 1 saturated heterocycles. The topological polar surface area (TPSA) is 105 Å². The van der Waals surface area contributed by atoms with E-state index in [0.29, 0.717) is 12.8 Å². The summed E-state index contributed by atoms with van der Waals surface area (Å²) in [5.41, 5.74) is 0. The Bertz CT molecular complexity index is 1110. The van der Waals surface area contributed by atoms with Gasteiger partial charge in [-0.3, -0.25) is 8.37 Å². The van der Waals surface area contributed by atoms with Gasteiger partial charge in [0.2, 0.25) is 0 Å². The number of ether oxygens (including phenoxy) is 2. The van der Waals surface area contributed by atoms with E-state index in [1.165, 1.54) is 89.9 Å². The zero-order chi connectivity index (χ0) is 40.9. The van der Waals surface area contributed by atoms with Gasteiger partial charge in [0.25, 0.3) is 20.2 Å². The van der Waals surface area contributed by atoms with Crippen LogP contribution in [-0.4, -0.2) is 60.6 Å². The molecule has 55 heavy (non-hydrogen) atoms. The summed E-state index contributed by atoms with van der Waals surface area (Å²) in [6, 6.07) is 0. The molecule has 0 aliphatic carbocycles. The Labute approximate surface area is 340 Å². The highest BCUT2D eigenvalue weighted by molar-refractivity contribution is 7.86. The first-order valence-corrected chi connectivity index (χ1v) is 25.8. The molecule has 1 rings (SSSR count). The van der Waals surface area contributed by atoms with E-state index in [1.54, 1.807) is 0 Å². The lowest BCUT2D eigenvalue weighted by Gasteiger charge is -2.29. The first-order chi connectivity index (χ1) is 26.5. The number of rotatable bonds is 36. The van der Waals surface area contributed by atoms with Gasteiger partial charge in [0.15, 0.2) is 5.79 Å². The van der Waals surface area contributed by atoms with Crippen molar-refractivity contribution in [2.45, 2.75) is 213 Å². The molecule has 0 aromatic heterocycles. The van der Waals surface area contributed by atoms with Crippen LogP contribution in [0.2, 0.25) is 0 Å². The molecular formula is C45H84O8S2.